The number of thiazole rings is 1. The third-order valence-corrected chi connectivity index (χ3v) is 5.98. The Hall–Kier alpha value is -0.750. The van der Waals surface area contributed by atoms with Crippen molar-refractivity contribution in [2.45, 2.75) is 57.2 Å². The molecule has 0 aromatic carbocycles. The Balaban J connectivity index is 1.83. The van der Waals surface area contributed by atoms with Gasteiger partial charge >= 0.3 is 0 Å². The van der Waals surface area contributed by atoms with Crippen LogP contribution in [0, 0.1) is 6.92 Å². The number of aromatic nitrogens is 1. The second-order valence-electron chi connectivity index (χ2n) is 5.74. The highest BCUT2D eigenvalue weighted by atomic mass is 32.2. The van der Waals surface area contributed by atoms with Crippen molar-refractivity contribution >= 4 is 29.1 Å². The molecule has 22 heavy (non-hydrogen) atoms. The highest BCUT2D eigenvalue weighted by molar-refractivity contribution is 7.99. The monoisotopic (exact) mass is 340 g/mol. The lowest BCUT2D eigenvalue weighted by atomic mass is 9.95. The lowest BCUT2D eigenvalue weighted by molar-refractivity contribution is 0.419. The molecule has 1 heterocycles. The van der Waals surface area contributed by atoms with E-state index < -0.39 is 0 Å². The maximum absolute atomic E-state index is 4.72. The summed E-state index contributed by atoms with van der Waals surface area (Å²) in [7, 11) is 0. The second kappa shape index (κ2) is 9.40. The summed E-state index contributed by atoms with van der Waals surface area (Å²) in [5.41, 5.74) is 0. The van der Waals surface area contributed by atoms with E-state index in [2.05, 4.69) is 35.7 Å². The summed E-state index contributed by atoms with van der Waals surface area (Å²) in [5.74, 6) is 0.961. The first-order valence-electron chi connectivity index (χ1n) is 8.20. The molecule has 124 valence electrons. The van der Waals surface area contributed by atoms with Crippen LogP contribution in [-0.4, -0.2) is 41.6 Å². The molecule has 1 aromatic heterocycles. The topological polar surface area (TPSA) is 49.3 Å². The van der Waals surface area contributed by atoms with Crippen LogP contribution in [0.4, 0.5) is 0 Å². The molecule has 0 radical (unpaired) electrons. The molecular formula is C16H28N4S2. The normalized spacial score (nSPS) is 22.6. The van der Waals surface area contributed by atoms with Crippen LogP contribution in [0.1, 0.15) is 42.5 Å². The first-order valence-corrected chi connectivity index (χ1v) is 10.3. The highest BCUT2D eigenvalue weighted by Crippen LogP contribution is 2.26. The molecule has 0 amide bonds. The number of nitrogens with zero attached hydrogens (tertiary/aromatic N) is 2. The Morgan fingerprint density at radius 2 is 2.36 bits per heavy atom. The lowest BCUT2D eigenvalue weighted by Gasteiger charge is -2.29. The van der Waals surface area contributed by atoms with Gasteiger partial charge in [-0.15, -0.1) is 11.3 Å². The Morgan fingerprint density at radius 3 is 3.05 bits per heavy atom. The number of thioether (sulfide) groups is 1. The summed E-state index contributed by atoms with van der Waals surface area (Å²) in [4.78, 5) is 10.4. The van der Waals surface area contributed by atoms with Crippen LogP contribution in [0.15, 0.2) is 11.2 Å². The van der Waals surface area contributed by atoms with E-state index in [0.29, 0.717) is 6.04 Å². The predicted octanol–water partition coefficient (Wildman–Crippen LogP) is 3.22. The van der Waals surface area contributed by atoms with Gasteiger partial charge in [0.05, 0.1) is 5.01 Å². The maximum atomic E-state index is 4.72. The highest BCUT2D eigenvalue weighted by Gasteiger charge is 2.21. The Bertz CT molecular complexity index is 472. The van der Waals surface area contributed by atoms with E-state index in [1.807, 2.05) is 18.0 Å². The number of nitrogens with one attached hydrogen (secondary N) is 2. The minimum Gasteiger partial charge on any atom is -0.357 e. The van der Waals surface area contributed by atoms with Gasteiger partial charge in [-0.1, -0.05) is 6.42 Å². The average molecular weight is 341 g/mol. The van der Waals surface area contributed by atoms with Gasteiger partial charge in [-0.2, -0.15) is 11.8 Å². The zero-order valence-corrected chi connectivity index (χ0v) is 15.5. The van der Waals surface area contributed by atoms with Crippen molar-refractivity contribution in [3.8, 4) is 0 Å². The molecule has 1 fully saturated rings. The van der Waals surface area contributed by atoms with E-state index >= 15 is 0 Å². The van der Waals surface area contributed by atoms with Crippen LogP contribution in [0.5, 0.6) is 0 Å². The summed E-state index contributed by atoms with van der Waals surface area (Å²) < 4.78 is 0. The molecule has 1 aromatic rings. The van der Waals surface area contributed by atoms with Crippen LogP contribution >= 0.6 is 23.1 Å². The van der Waals surface area contributed by atoms with Gasteiger partial charge in [0.1, 0.15) is 0 Å². The molecule has 0 spiro atoms. The van der Waals surface area contributed by atoms with Crippen molar-refractivity contribution in [2.24, 2.45) is 4.99 Å². The van der Waals surface area contributed by atoms with Crippen molar-refractivity contribution in [1.82, 2.24) is 15.6 Å². The first kappa shape index (κ1) is 17.6. The molecule has 6 heteroatoms. The fourth-order valence-corrected chi connectivity index (χ4v) is 4.39. The maximum Gasteiger partial charge on any atom is 0.191 e. The van der Waals surface area contributed by atoms with Crippen LogP contribution < -0.4 is 10.6 Å². The Morgan fingerprint density at radius 1 is 1.50 bits per heavy atom. The fourth-order valence-electron chi connectivity index (χ4n) is 2.78. The second-order valence-corrected chi connectivity index (χ2v) is 8.20. The molecule has 1 aliphatic carbocycles. The minimum absolute atomic E-state index is 0.561. The van der Waals surface area contributed by atoms with Crippen molar-refractivity contribution in [2.75, 3.05) is 19.3 Å². The zero-order chi connectivity index (χ0) is 15.8. The SMILES string of the molecule is CCNC(=NCCc1ncc(C)s1)NC1CCCC(SC)C1. The number of aryl methyl sites for hydroxylation is 1. The van der Waals surface area contributed by atoms with Crippen molar-refractivity contribution in [3.05, 3.63) is 16.1 Å². The van der Waals surface area contributed by atoms with Gasteiger partial charge in [0.15, 0.2) is 5.96 Å². The standard InChI is InChI=1S/C16H28N4S2/c1-4-17-16(18-9-8-15-19-11-12(2)22-15)20-13-6-5-7-14(10-13)21-3/h11,13-14H,4-10H2,1-3H3,(H2,17,18,20). The summed E-state index contributed by atoms with van der Waals surface area (Å²) in [6.45, 7) is 5.91. The molecule has 2 unspecified atom stereocenters. The third-order valence-electron chi connectivity index (χ3n) is 3.91. The molecule has 1 saturated carbocycles. The number of hydrogen-bond donors (Lipinski definition) is 2. The predicted molar refractivity (Wildman–Crippen MR) is 99.2 cm³/mol. The summed E-state index contributed by atoms with van der Waals surface area (Å²) >= 11 is 3.77. The largest absolute Gasteiger partial charge is 0.357 e. The first-order chi connectivity index (χ1) is 10.7. The number of aliphatic imine (C=N–C) groups is 1. The van der Waals surface area contributed by atoms with E-state index in [-0.39, 0.29) is 0 Å². The zero-order valence-electron chi connectivity index (χ0n) is 13.9. The quantitative estimate of drug-likeness (QED) is 0.617. The molecule has 0 bridgehead atoms. The molecule has 4 nitrogen and oxygen atoms in total. The van der Waals surface area contributed by atoms with Crippen LogP contribution in [0.3, 0.4) is 0 Å². The van der Waals surface area contributed by atoms with E-state index in [1.165, 1.54) is 35.6 Å². The van der Waals surface area contributed by atoms with E-state index in [0.717, 1.165) is 30.7 Å². The summed E-state index contributed by atoms with van der Waals surface area (Å²) in [6.07, 6.45) is 10.3. The van der Waals surface area contributed by atoms with Gasteiger partial charge in [-0.05, 0) is 39.4 Å². The molecule has 2 N–H and O–H groups in total. The van der Waals surface area contributed by atoms with Crippen molar-refractivity contribution in [3.63, 3.8) is 0 Å². The Kier molecular flexibility index (Phi) is 7.52. The van der Waals surface area contributed by atoms with Gasteiger partial charge in [0.25, 0.3) is 0 Å². The van der Waals surface area contributed by atoms with Gasteiger partial charge in [0.2, 0.25) is 0 Å². The van der Waals surface area contributed by atoms with Gasteiger partial charge in [0, 0.05) is 41.9 Å². The van der Waals surface area contributed by atoms with E-state index in [1.54, 1.807) is 11.3 Å². The van der Waals surface area contributed by atoms with Gasteiger partial charge < -0.3 is 10.6 Å². The molecule has 0 saturated heterocycles. The summed E-state index contributed by atoms with van der Waals surface area (Å²) in [6, 6.07) is 0.561. The van der Waals surface area contributed by atoms with E-state index in [9.17, 15) is 0 Å². The lowest BCUT2D eigenvalue weighted by Crippen LogP contribution is -2.45. The molecular weight excluding hydrogens is 312 g/mol. The van der Waals surface area contributed by atoms with Gasteiger partial charge in [-0.25, -0.2) is 4.98 Å². The van der Waals surface area contributed by atoms with Crippen LogP contribution in [-0.2, 0) is 6.42 Å². The van der Waals surface area contributed by atoms with E-state index in [4.69, 9.17) is 4.99 Å². The van der Waals surface area contributed by atoms with Crippen LogP contribution in [0.25, 0.3) is 0 Å². The fraction of sp³-hybridized carbons (Fsp3) is 0.750. The van der Waals surface area contributed by atoms with Crippen molar-refractivity contribution in [1.29, 1.82) is 0 Å². The third kappa shape index (κ3) is 5.80. The van der Waals surface area contributed by atoms with Crippen LogP contribution in [0.2, 0.25) is 0 Å². The number of guanidine groups is 1. The molecule has 1 aliphatic rings. The average Bonchev–Trinajstić information content (AvgIpc) is 2.93. The molecule has 2 atom stereocenters. The van der Waals surface area contributed by atoms with Crippen molar-refractivity contribution < 1.29 is 0 Å². The molecule has 0 aliphatic heterocycles. The Labute approximate surface area is 142 Å². The number of hydrogen-bond acceptors (Lipinski definition) is 4. The summed E-state index contributed by atoms with van der Waals surface area (Å²) in [5, 5.41) is 8.97. The minimum atomic E-state index is 0.561. The molecule has 2 rings (SSSR count). The smallest absolute Gasteiger partial charge is 0.191 e. The number of rotatable bonds is 6. The van der Waals surface area contributed by atoms with Gasteiger partial charge in [-0.3, -0.25) is 4.99 Å².